The van der Waals surface area contributed by atoms with Gasteiger partial charge in [0, 0.05) is 18.7 Å². The predicted octanol–water partition coefficient (Wildman–Crippen LogP) is 2.62. The van der Waals surface area contributed by atoms with Gasteiger partial charge in [0.1, 0.15) is 18.1 Å². The molecule has 0 saturated heterocycles. The van der Waals surface area contributed by atoms with Gasteiger partial charge in [0.2, 0.25) is 0 Å². The van der Waals surface area contributed by atoms with Crippen LogP contribution >= 0.6 is 0 Å². The maximum Gasteiger partial charge on any atom is 0.130 e. The molecule has 0 aliphatic heterocycles. The highest BCUT2D eigenvalue weighted by molar-refractivity contribution is 5.20. The maximum atomic E-state index is 5.58. The van der Waals surface area contributed by atoms with E-state index in [2.05, 4.69) is 18.3 Å². The van der Waals surface area contributed by atoms with Crippen LogP contribution in [-0.4, -0.2) is 13.2 Å². The lowest BCUT2D eigenvalue weighted by atomic mass is 10.2. The van der Waals surface area contributed by atoms with Crippen molar-refractivity contribution in [2.24, 2.45) is 0 Å². The maximum absolute atomic E-state index is 5.58. The topological polar surface area (TPSA) is 34.4 Å². The zero-order valence-corrected chi connectivity index (χ0v) is 9.93. The van der Waals surface area contributed by atoms with E-state index < -0.39 is 0 Å². The van der Waals surface area contributed by atoms with Crippen molar-refractivity contribution in [3.63, 3.8) is 0 Å². The molecule has 15 heavy (non-hydrogen) atoms. The molecule has 0 radical (unpaired) electrons. The van der Waals surface area contributed by atoms with E-state index in [1.807, 2.05) is 13.8 Å². The van der Waals surface area contributed by atoms with E-state index in [4.69, 9.17) is 9.15 Å². The predicted molar refractivity (Wildman–Crippen MR) is 60.8 cm³/mol. The molecule has 0 amide bonds. The molecule has 0 aliphatic rings. The third-order valence-electron chi connectivity index (χ3n) is 2.26. The van der Waals surface area contributed by atoms with E-state index in [9.17, 15) is 0 Å². The second kappa shape index (κ2) is 6.64. The van der Waals surface area contributed by atoms with E-state index in [1.54, 1.807) is 0 Å². The quantitative estimate of drug-likeness (QED) is 0.704. The summed E-state index contributed by atoms with van der Waals surface area (Å²) in [6.45, 7) is 9.38. The number of ether oxygens (including phenoxy) is 1. The molecule has 0 saturated carbocycles. The van der Waals surface area contributed by atoms with E-state index >= 15 is 0 Å². The Balaban J connectivity index is 2.45. The summed E-state index contributed by atoms with van der Waals surface area (Å²) in [6.07, 6.45) is 1.16. The number of furan rings is 1. The van der Waals surface area contributed by atoms with E-state index in [-0.39, 0.29) is 0 Å². The lowest BCUT2D eigenvalue weighted by Crippen LogP contribution is -2.13. The number of hydrogen-bond acceptors (Lipinski definition) is 3. The standard InChI is InChI=1S/C12H21NO2/c1-4-6-13-8-11-7-12(9-14-5-2)15-10(11)3/h7,13H,4-6,8-9H2,1-3H3. The minimum Gasteiger partial charge on any atom is -0.464 e. The van der Waals surface area contributed by atoms with E-state index in [0.717, 1.165) is 37.6 Å². The molecule has 1 aromatic heterocycles. The van der Waals surface area contributed by atoms with Crippen LogP contribution in [0.15, 0.2) is 10.5 Å². The van der Waals surface area contributed by atoms with Crippen LogP contribution in [0, 0.1) is 6.92 Å². The summed E-state index contributed by atoms with van der Waals surface area (Å²) in [5.74, 6) is 1.91. The molecule has 0 aromatic carbocycles. The fraction of sp³-hybridized carbons (Fsp3) is 0.667. The zero-order valence-electron chi connectivity index (χ0n) is 9.93. The van der Waals surface area contributed by atoms with Gasteiger partial charge < -0.3 is 14.5 Å². The van der Waals surface area contributed by atoms with Crippen LogP contribution in [0.5, 0.6) is 0 Å². The van der Waals surface area contributed by atoms with Crippen LogP contribution in [0.25, 0.3) is 0 Å². The van der Waals surface area contributed by atoms with Gasteiger partial charge in [-0.2, -0.15) is 0 Å². The molecule has 0 fully saturated rings. The Morgan fingerprint density at radius 2 is 2.20 bits per heavy atom. The molecular formula is C12H21NO2. The summed E-state index contributed by atoms with van der Waals surface area (Å²) in [6, 6.07) is 2.08. The van der Waals surface area contributed by atoms with Crippen LogP contribution in [0.3, 0.4) is 0 Å². The second-order valence-electron chi connectivity index (χ2n) is 3.61. The SMILES string of the molecule is CCCNCc1cc(COCC)oc1C. The van der Waals surface area contributed by atoms with E-state index in [0.29, 0.717) is 6.61 Å². The van der Waals surface area contributed by atoms with Gasteiger partial charge in [0.15, 0.2) is 0 Å². The van der Waals surface area contributed by atoms with Crippen molar-refractivity contribution >= 4 is 0 Å². The van der Waals surface area contributed by atoms with Gasteiger partial charge in [0.25, 0.3) is 0 Å². The highest BCUT2D eigenvalue weighted by atomic mass is 16.5. The van der Waals surface area contributed by atoms with Crippen LogP contribution in [-0.2, 0) is 17.9 Å². The van der Waals surface area contributed by atoms with Crippen LogP contribution in [0.2, 0.25) is 0 Å². The summed E-state index contributed by atoms with van der Waals surface area (Å²) in [4.78, 5) is 0. The monoisotopic (exact) mass is 211 g/mol. The average Bonchev–Trinajstić information content (AvgIpc) is 2.57. The van der Waals surface area contributed by atoms with Gasteiger partial charge in [0.05, 0.1) is 0 Å². The first kappa shape index (κ1) is 12.3. The molecule has 1 rings (SSSR count). The molecule has 0 bridgehead atoms. The fourth-order valence-corrected chi connectivity index (χ4v) is 1.44. The van der Waals surface area contributed by atoms with Gasteiger partial charge in [-0.3, -0.25) is 0 Å². The van der Waals surface area contributed by atoms with Gasteiger partial charge in [-0.1, -0.05) is 6.92 Å². The molecule has 3 heteroatoms. The molecule has 0 atom stereocenters. The molecule has 0 unspecified atom stereocenters. The van der Waals surface area contributed by atoms with Gasteiger partial charge in [-0.25, -0.2) is 0 Å². The Bertz CT molecular complexity index is 281. The smallest absolute Gasteiger partial charge is 0.130 e. The van der Waals surface area contributed by atoms with Crippen molar-refractivity contribution in [3.05, 3.63) is 23.2 Å². The summed E-state index contributed by atoms with van der Waals surface area (Å²) < 4.78 is 10.9. The van der Waals surface area contributed by atoms with Crippen molar-refractivity contribution in [2.45, 2.75) is 40.3 Å². The molecule has 1 aromatic rings. The fourth-order valence-electron chi connectivity index (χ4n) is 1.44. The molecule has 1 N–H and O–H groups in total. The first-order valence-electron chi connectivity index (χ1n) is 5.64. The van der Waals surface area contributed by atoms with Gasteiger partial charge >= 0.3 is 0 Å². The van der Waals surface area contributed by atoms with Crippen molar-refractivity contribution in [2.75, 3.05) is 13.2 Å². The van der Waals surface area contributed by atoms with E-state index in [1.165, 1.54) is 5.56 Å². The second-order valence-corrected chi connectivity index (χ2v) is 3.61. The van der Waals surface area contributed by atoms with Crippen molar-refractivity contribution in [1.29, 1.82) is 0 Å². The number of hydrogen-bond donors (Lipinski definition) is 1. The molecule has 86 valence electrons. The minimum absolute atomic E-state index is 0.575. The third kappa shape index (κ3) is 4.06. The largest absolute Gasteiger partial charge is 0.464 e. The van der Waals surface area contributed by atoms with Gasteiger partial charge in [-0.05, 0) is 32.9 Å². The lowest BCUT2D eigenvalue weighted by Gasteiger charge is -1.99. The minimum atomic E-state index is 0.575. The van der Waals surface area contributed by atoms with Crippen LogP contribution in [0.1, 0.15) is 37.4 Å². The Kier molecular flexibility index (Phi) is 5.43. The number of aryl methyl sites for hydroxylation is 1. The summed E-state index contributed by atoms with van der Waals surface area (Å²) in [5.41, 5.74) is 1.23. The summed E-state index contributed by atoms with van der Waals surface area (Å²) in [7, 11) is 0. The molecule has 0 spiro atoms. The van der Waals surface area contributed by atoms with Gasteiger partial charge in [-0.15, -0.1) is 0 Å². The molecule has 3 nitrogen and oxygen atoms in total. The highest BCUT2D eigenvalue weighted by Crippen LogP contribution is 2.15. The molecule has 1 heterocycles. The normalized spacial score (nSPS) is 10.9. The van der Waals surface area contributed by atoms with Crippen molar-refractivity contribution < 1.29 is 9.15 Å². The molecular weight excluding hydrogens is 190 g/mol. The van der Waals surface area contributed by atoms with Crippen molar-refractivity contribution in [1.82, 2.24) is 5.32 Å². The number of nitrogens with one attached hydrogen (secondary N) is 1. The first-order chi connectivity index (χ1) is 7.27. The van der Waals surface area contributed by atoms with Crippen molar-refractivity contribution in [3.8, 4) is 0 Å². The third-order valence-corrected chi connectivity index (χ3v) is 2.26. The van der Waals surface area contributed by atoms with Crippen LogP contribution in [0.4, 0.5) is 0 Å². The lowest BCUT2D eigenvalue weighted by molar-refractivity contribution is 0.117. The summed E-state index contributed by atoms with van der Waals surface area (Å²) >= 11 is 0. The van der Waals surface area contributed by atoms with Crippen LogP contribution < -0.4 is 5.32 Å². The number of rotatable bonds is 7. The Morgan fingerprint density at radius 1 is 1.40 bits per heavy atom. The average molecular weight is 211 g/mol. The highest BCUT2D eigenvalue weighted by Gasteiger charge is 2.06. The molecule has 0 aliphatic carbocycles. The Hall–Kier alpha value is -0.800. The zero-order chi connectivity index (χ0) is 11.1. The first-order valence-corrected chi connectivity index (χ1v) is 5.64. The summed E-state index contributed by atoms with van der Waals surface area (Å²) in [5, 5.41) is 3.36. The Morgan fingerprint density at radius 3 is 2.87 bits per heavy atom. The Labute approximate surface area is 91.8 Å².